The molecule has 0 spiro atoms. The average Bonchev–Trinajstić information content (AvgIpc) is 3.43. The van der Waals surface area contributed by atoms with Crippen molar-refractivity contribution in [2.75, 3.05) is 15.4 Å². The van der Waals surface area contributed by atoms with Gasteiger partial charge in [-0.3, -0.25) is 14.4 Å². The monoisotopic (exact) mass is 426 g/mol. The lowest BCUT2D eigenvalue weighted by atomic mass is 9.99. The van der Waals surface area contributed by atoms with E-state index in [0.29, 0.717) is 24.3 Å². The van der Waals surface area contributed by atoms with E-state index in [2.05, 4.69) is 14.7 Å². The van der Waals surface area contributed by atoms with Crippen molar-refractivity contribution in [3.05, 3.63) is 42.1 Å². The quantitative estimate of drug-likeness (QED) is 0.504. The van der Waals surface area contributed by atoms with Gasteiger partial charge in [0.15, 0.2) is 0 Å². The molecule has 2 heterocycles. The molecule has 7 nitrogen and oxygen atoms in total. The van der Waals surface area contributed by atoms with Crippen LogP contribution in [0.4, 0.5) is 11.5 Å². The molecule has 1 aliphatic rings. The third-order valence-corrected chi connectivity index (χ3v) is 6.85. The van der Waals surface area contributed by atoms with Crippen LogP contribution in [0.5, 0.6) is 0 Å². The Kier molecular flexibility index (Phi) is 5.51. The van der Waals surface area contributed by atoms with Gasteiger partial charge in [0, 0.05) is 17.6 Å². The Balaban J connectivity index is 1.78. The van der Waals surface area contributed by atoms with Crippen LogP contribution < -0.4 is 9.62 Å². The summed E-state index contributed by atoms with van der Waals surface area (Å²) in [5, 5.41) is 0.960. The number of rotatable bonds is 9. The number of fused-ring (bicyclic) bond motifs is 1. The first-order chi connectivity index (χ1) is 14.5. The number of benzene rings is 1. The number of nitrogens with zero attached hydrogens (tertiary/aromatic N) is 2. The highest BCUT2D eigenvalue weighted by Gasteiger charge is 2.30. The molecule has 0 unspecified atom stereocenters. The van der Waals surface area contributed by atoms with Crippen LogP contribution in [0.15, 0.2) is 36.5 Å². The minimum Gasteiger partial charge on any atom is -0.346 e. The van der Waals surface area contributed by atoms with Crippen molar-refractivity contribution in [2.24, 2.45) is 0 Å². The van der Waals surface area contributed by atoms with Crippen molar-refractivity contribution in [2.45, 2.75) is 45.6 Å². The van der Waals surface area contributed by atoms with Gasteiger partial charge in [-0.2, -0.15) is 0 Å². The molecule has 0 saturated heterocycles. The van der Waals surface area contributed by atoms with Crippen LogP contribution in [0.1, 0.15) is 38.7 Å². The van der Waals surface area contributed by atoms with Gasteiger partial charge in [0.05, 0.1) is 11.4 Å². The summed E-state index contributed by atoms with van der Waals surface area (Å²) in [7, 11) is -3.35. The van der Waals surface area contributed by atoms with Crippen molar-refractivity contribution < 1.29 is 13.2 Å². The average molecular weight is 427 g/mol. The second-order valence-electron chi connectivity index (χ2n) is 7.66. The number of aromatic nitrogens is 2. The number of amides is 1. The number of H-pyrrole nitrogens is 1. The van der Waals surface area contributed by atoms with Gasteiger partial charge in [-0.05, 0) is 66.6 Å². The second-order valence-corrected chi connectivity index (χ2v) is 9.50. The predicted octanol–water partition coefficient (Wildman–Crippen LogP) is 4.07. The van der Waals surface area contributed by atoms with E-state index < -0.39 is 10.0 Å². The van der Waals surface area contributed by atoms with Crippen LogP contribution in [-0.2, 0) is 21.2 Å². The third kappa shape index (κ3) is 4.05. The molecule has 0 aliphatic heterocycles. The number of anilines is 2. The number of nitrogens with one attached hydrogen (secondary N) is 2. The first-order valence-electron chi connectivity index (χ1n) is 10.3. The van der Waals surface area contributed by atoms with Crippen molar-refractivity contribution in [3.8, 4) is 11.1 Å². The maximum Gasteiger partial charge on any atom is 0.232 e. The lowest BCUT2D eigenvalue weighted by molar-refractivity contribution is -0.107. The third-order valence-electron chi connectivity index (χ3n) is 5.37. The maximum atomic E-state index is 12.2. The minimum absolute atomic E-state index is 0.0955. The summed E-state index contributed by atoms with van der Waals surface area (Å²) in [4.78, 5) is 21.1. The Morgan fingerprint density at radius 3 is 2.70 bits per heavy atom. The zero-order valence-corrected chi connectivity index (χ0v) is 18.0. The SMILES string of the molecule is CCCS(=O)(=O)Nc1ccc(-c2cc(N(C=O)C3CC3)nc3[nH]ccc23)cc1CC. The van der Waals surface area contributed by atoms with E-state index in [1.165, 1.54) is 0 Å². The van der Waals surface area contributed by atoms with Crippen molar-refractivity contribution in [1.29, 1.82) is 0 Å². The molecule has 0 radical (unpaired) electrons. The number of carbonyl (C=O) groups is 1. The lowest BCUT2D eigenvalue weighted by Gasteiger charge is -2.18. The Morgan fingerprint density at radius 2 is 2.03 bits per heavy atom. The summed E-state index contributed by atoms with van der Waals surface area (Å²) < 4.78 is 27.2. The van der Waals surface area contributed by atoms with Crippen LogP contribution in [0, 0.1) is 0 Å². The van der Waals surface area contributed by atoms with E-state index in [1.54, 1.807) is 4.90 Å². The zero-order valence-electron chi connectivity index (χ0n) is 17.2. The van der Waals surface area contributed by atoms with E-state index in [0.717, 1.165) is 47.0 Å². The summed E-state index contributed by atoms with van der Waals surface area (Å²) in [5.41, 5.74) is 4.17. The van der Waals surface area contributed by atoms with Crippen molar-refractivity contribution >= 4 is 39.0 Å². The fourth-order valence-corrected chi connectivity index (χ4v) is 4.89. The van der Waals surface area contributed by atoms with Crippen LogP contribution in [-0.4, -0.2) is 36.6 Å². The summed E-state index contributed by atoms with van der Waals surface area (Å²) in [6, 6.07) is 9.87. The molecule has 2 aromatic heterocycles. The largest absolute Gasteiger partial charge is 0.346 e. The number of hydrogen-bond donors (Lipinski definition) is 2. The molecule has 0 bridgehead atoms. The fraction of sp³-hybridized carbons (Fsp3) is 0.364. The highest BCUT2D eigenvalue weighted by Crippen LogP contribution is 2.36. The minimum atomic E-state index is -3.35. The smallest absolute Gasteiger partial charge is 0.232 e. The predicted molar refractivity (Wildman–Crippen MR) is 120 cm³/mol. The zero-order chi connectivity index (χ0) is 21.3. The normalized spacial score (nSPS) is 14.1. The molecule has 2 N–H and O–H groups in total. The van der Waals surface area contributed by atoms with Gasteiger partial charge in [0.25, 0.3) is 0 Å². The summed E-state index contributed by atoms with van der Waals surface area (Å²) in [5.74, 6) is 0.724. The molecule has 1 fully saturated rings. The molecule has 1 amide bonds. The second kappa shape index (κ2) is 8.10. The highest BCUT2D eigenvalue weighted by atomic mass is 32.2. The van der Waals surface area contributed by atoms with Crippen molar-refractivity contribution in [1.82, 2.24) is 9.97 Å². The topological polar surface area (TPSA) is 95.2 Å². The molecular weight excluding hydrogens is 400 g/mol. The molecule has 4 rings (SSSR count). The van der Waals surface area contributed by atoms with Gasteiger partial charge in [0.1, 0.15) is 11.5 Å². The molecule has 30 heavy (non-hydrogen) atoms. The van der Waals surface area contributed by atoms with Gasteiger partial charge in [-0.25, -0.2) is 13.4 Å². The molecule has 8 heteroatoms. The molecule has 158 valence electrons. The summed E-state index contributed by atoms with van der Waals surface area (Å²) in [6.07, 6.45) is 5.92. The van der Waals surface area contributed by atoms with E-state index in [1.807, 2.05) is 50.4 Å². The van der Waals surface area contributed by atoms with Crippen LogP contribution >= 0.6 is 0 Å². The summed E-state index contributed by atoms with van der Waals surface area (Å²) >= 11 is 0. The van der Waals surface area contributed by atoms with E-state index in [4.69, 9.17) is 0 Å². The van der Waals surface area contributed by atoms with Crippen molar-refractivity contribution in [3.63, 3.8) is 0 Å². The van der Waals surface area contributed by atoms with Crippen LogP contribution in [0.25, 0.3) is 22.2 Å². The number of carbonyl (C=O) groups excluding carboxylic acids is 1. The number of sulfonamides is 1. The Hall–Kier alpha value is -2.87. The lowest BCUT2D eigenvalue weighted by Crippen LogP contribution is -2.24. The van der Waals surface area contributed by atoms with Crippen LogP contribution in [0.3, 0.4) is 0 Å². The molecule has 1 saturated carbocycles. The van der Waals surface area contributed by atoms with Gasteiger partial charge < -0.3 is 4.98 Å². The standard InChI is InChI=1S/C22H26N4O3S/c1-3-11-30(28,29)25-20-8-5-16(12-15(20)4-2)19-13-21(26(14-27)17-6-7-17)24-22-18(19)9-10-23-22/h5,8-10,12-14,17,25H,3-4,6-7,11H2,1-2H3,(H,23,24). The molecule has 1 aromatic carbocycles. The Bertz CT molecular complexity index is 1180. The number of hydrogen-bond acceptors (Lipinski definition) is 4. The van der Waals surface area contributed by atoms with Gasteiger partial charge in [0.2, 0.25) is 16.4 Å². The van der Waals surface area contributed by atoms with E-state index in [-0.39, 0.29) is 11.8 Å². The van der Waals surface area contributed by atoms with Gasteiger partial charge in [-0.1, -0.05) is 19.9 Å². The summed E-state index contributed by atoms with van der Waals surface area (Å²) in [6.45, 7) is 3.85. The van der Waals surface area contributed by atoms with Crippen LogP contribution in [0.2, 0.25) is 0 Å². The number of aromatic amines is 1. The first-order valence-corrected chi connectivity index (χ1v) is 12.0. The Labute approximate surface area is 176 Å². The number of pyridine rings is 1. The number of aryl methyl sites for hydroxylation is 1. The maximum absolute atomic E-state index is 12.2. The highest BCUT2D eigenvalue weighted by molar-refractivity contribution is 7.92. The molecule has 0 atom stereocenters. The first kappa shape index (κ1) is 20.4. The molecule has 3 aromatic rings. The van der Waals surface area contributed by atoms with Gasteiger partial charge in [-0.15, -0.1) is 0 Å². The van der Waals surface area contributed by atoms with E-state index >= 15 is 0 Å². The fourth-order valence-electron chi connectivity index (χ4n) is 3.72. The Morgan fingerprint density at radius 1 is 1.23 bits per heavy atom. The molecule has 1 aliphatic carbocycles. The molecular formula is C22H26N4O3S. The van der Waals surface area contributed by atoms with Gasteiger partial charge >= 0.3 is 0 Å². The van der Waals surface area contributed by atoms with E-state index in [9.17, 15) is 13.2 Å².